The van der Waals surface area contributed by atoms with Crippen LogP contribution in [0.4, 0.5) is 10.1 Å². The standard InChI is InChI=1S/C12H14FNS/c13-9-3-1-4-10-11(9)15-8-12(7-14-10)5-2-6-12/h1,3-4,14H,2,5-8H2. The lowest BCUT2D eigenvalue weighted by Gasteiger charge is -2.40. The number of anilines is 1. The third kappa shape index (κ3) is 1.53. The van der Waals surface area contributed by atoms with Crippen molar-refractivity contribution in [2.45, 2.75) is 24.2 Å². The fraction of sp³-hybridized carbons (Fsp3) is 0.500. The van der Waals surface area contributed by atoms with Gasteiger partial charge in [-0.15, -0.1) is 11.8 Å². The topological polar surface area (TPSA) is 12.0 Å². The summed E-state index contributed by atoms with van der Waals surface area (Å²) in [5, 5.41) is 3.40. The molecule has 80 valence electrons. The first kappa shape index (κ1) is 9.52. The van der Waals surface area contributed by atoms with E-state index in [1.54, 1.807) is 23.9 Å². The second-order valence-electron chi connectivity index (χ2n) is 4.61. The zero-order chi connectivity index (χ0) is 10.3. The van der Waals surface area contributed by atoms with Crippen molar-refractivity contribution in [1.29, 1.82) is 0 Å². The SMILES string of the molecule is Fc1cccc2c1SCC1(CCC1)CN2. The zero-order valence-corrected chi connectivity index (χ0v) is 9.37. The Bertz CT molecular complexity index is 387. The maximum Gasteiger partial charge on any atom is 0.138 e. The Balaban J connectivity index is 1.91. The molecule has 1 N–H and O–H groups in total. The average Bonchev–Trinajstić information content (AvgIpc) is 2.37. The van der Waals surface area contributed by atoms with E-state index >= 15 is 0 Å². The predicted molar refractivity (Wildman–Crippen MR) is 61.9 cm³/mol. The largest absolute Gasteiger partial charge is 0.383 e. The molecule has 3 heteroatoms. The van der Waals surface area contributed by atoms with Gasteiger partial charge in [0.25, 0.3) is 0 Å². The van der Waals surface area contributed by atoms with Gasteiger partial charge >= 0.3 is 0 Å². The molecular formula is C12H14FNS. The van der Waals surface area contributed by atoms with Gasteiger partial charge in [0.05, 0.1) is 10.6 Å². The van der Waals surface area contributed by atoms with Crippen LogP contribution in [0.25, 0.3) is 0 Å². The Kier molecular flexibility index (Phi) is 2.16. The van der Waals surface area contributed by atoms with Crippen molar-refractivity contribution in [2.24, 2.45) is 5.41 Å². The zero-order valence-electron chi connectivity index (χ0n) is 8.55. The van der Waals surface area contributed by atoms with Crippen molar-refractivity contribution in [3.05, 3.63) is 24.0 Å². The van der Waals surface area contributed by atoms with Crippen molar-refractivity contribution in [1.82, 2.24) is 0 Å². The van der Waals surface area contributed by atoms with Gasteiger partial charge in [-0.05, 0) is 30.4 Å². The van der Waals surface area contributed by atoms with E-state index in [4.69, 9.17) is 0 Å². The lowest BCUT2D eigenvalue weighted by molar-refractivity contribution is 0.187. The molecule has 2 aliphatic rings. The molecule has 0 amide bonds. The maximum absolute atomic E-state index is 13.6. The predicted octanol–water partition coefficient (Wildman–Crippen LogP) is 3.51. The van der Waals surface area contributed by atoms with Crippen LogP contribution >= 0.6 is 11.8 Å². The van der Waals surface area contributed by atoms with Gasteiger partial charge in [0.2, 0.25) is 0 Å². The van der Waals surface area contributed by atoms with E-state index in [0.717, 1.165) is 22.9 Å². The Morgan fingerprint density at radius 3 is 2.93 bits per heavy atom. The van der Waals surface area contributed by atoms with Gasteiger partial charge < -0.3 is 5.32 Å². The van der Waals surface area contributed by atoms with Crippen molar-refractivity contribution in [3.63, 3.8) is 0 Å². The molecule has 1 aliphatic carbocycles. The minimum atomic E-state index is -0.0821. The molecule has 1 aromatic carbocycles. The summed E-state index contributed by atoms with van der Waals surface area (Å²) in [6.07, 6.45) is 3.92. The van der Waals surface area contributed by atoms with E-state index in [9.17, 15) is 4.39 Å². The Labute approximate surface area is 93.4 Å². The van der Waals surface area contributed by atoms with Crippen LogP contribution in [0.1, 0.15) is 19.3 Å². The van der Waals surface area contributed by atoms with Crippen LogP contribution < -0.4 is 5.32 Å². The lowest BCUT2D eigenvalue weighted by Crippen LogP contribution is -2.37. The minimum absolute atomic E-state index is 0.0821. The molecule has 1 fully saturated rings. The summed E-state index contributed by atoms with van der Waals surface area (Å²) in [5.74, 6) is 0.981. The van der Waals surface area contributed by atoms with Gasteiger partial charge in [0, 0.05) is 12.3 Å². The summed E-state index contributed by atoms with van der Waals surface area (Å²) >= 11 is 1.68. The first-order valence-electron chi connectivity index (χ1n) is 5.44. The van der Waals surface area contributed by atoms with Gasteiger partial charge in [-0.1, -0.05) is 12.5 Å². The van der Waals surface area contributed by atoms with Crippen LogP contribution in [0.3, 0.4) is 0 Å². The average molecular weight is 223 g/mol. The molecule has 15 heavy (non-hydrogen) atoms. The quantitative estimate of drug-likeness (QED) is 0.722. The summed E-state index contributed by atoms with van der Waals surface area (Å²) in [5.41, 5.74) is 1.42. The second-order valence-corrected chi connectivity index (χ2v) is 5.60. The molecule has 0 radical (unpaired) electrons. The van der Waals surface area contributed by atoms with Crippen LogP contribution in [0.15, 0.2) is 23.1 Å². The molecule has 3 rings (SSSR count). The van der Waals surface area contributed by atoms with Crippen LogP contribution in [0, 0.1) is 11.2 Å². The van der Waals surface area contributed by atoms with Crippen molar-refractivity contribution < 1.29 is 4.39 Å². The molecule has 0 atom stereocenters. The van der Waals surface area contributed by atoms with E-state index in [0.29, 0.717) is 5.41 Å². The number of hydrogen-bond donors (Lipinski definition) is 1. The molecule has 0 saturated heterocycles. The second kappa shape index (κ2) is 3.41. The Morgan fingerprint density at radius 2 is 2.20 bits per heavy atom. The van der Waals surface area contributed by atoms with Crippen molar-refractivity contribution in [3.8, 4) is 0 Å². The molecule has 1 aliphatic heterocycles. The smallest absolute Gasteiger partial charge is 0.138 e. The molecular weight excluding hydrogens is 209 g/mol. The van der Waals surface area contributed by atoms with E-state index in [1.165, 1.54) is 19.3 Å². The lowest BCUT2D eigenvalue weighted by atomic mass is 9.70. The summed E-state index contributed by atoms with van der Waals surface area (Å²) < 4.78 is 13.6. The van der Waals surface area contributed by atoms with Crippen LogP contribution in [-0.4, -0.2) is 12.3 Å². The first-order valence-corrected chi connectivity index (χ1v) is 6.43. The van der Waals surface area contributed by atoms with Gasteiger partial charge in [-0.25, -0.2) is 4.39 Å². The third-order valence-corrected chi connectivity index (χ3v) is 5.02. The number of rotatable bonds is 0. The van der Waals surface area contributed by atoms with E-state index in [1.807, 2.05) is 6.07 Å². The molecule has 0 unspecified atom stereocenters. The first-order chi connectivity index (χ1) is 7.29. The van der Waals surface area contributed by atoms with Crippen molar-refractivity contribution in [2.75, 3.05) is 17.6 Å². The van der Waals surface area contributed by atoms with E-state index < -0.39 is 0 Å². The highest BCUT2D eigenvalue weighted by Gasteiger charge is 2.38. The summed E-state index contributed by atoms with van der Waals surface area (Å²) in [6, 6.07) is 5.30. The Hall–Kier alpha value is -0.700. The number of benzene rings is 1. The minimum Gasteiger partial charge on any atom is -0.383 e. The third-order valence-electron chi connectivity index (χ3n) is 3.56. The van der Waals surface area contributed by atoms with Crippen LogP contribution in [0.5, 0.6) is 0 Å². The van der Waals surface area contributed by atoms with Gasteiger partial charge in [-0.2, -0.15) is 0 Å². The number of fused-ring (bicyclic) bond motifs is 1. The molecule has 1 heterocycles. The number of halogens is 1. The monoisotopic (exact) mass is 223 g/mol. The van der Waals surface area contributed by atoms with Crippen molar-refractivity contribution >= 4 is 17.4 Å². The molecule has 1 nitrogen and oxygen atoms in total. The number of nitrogens with one attached hydrogen (secondary N) is 1. The summed E-state index contributed by atoms with van der Waals surface area (Å²) in [6.45, 7) is 1.01. The summed E-state index contributed by atoms with van der Waals surface area (Å²) in [7, 11) is 0. The number of thioether (sulfide) groups is 1. The fourth-order valence-electron chi connectivity index (χ4n) is 2.35. The normalized spacial score (nSPS) is 22.5. The highest BCUT2D eigenvalue weighted by Crippen LogP contribution is 2.48. The van der Waals surface area contributed by atoms with Crippen LogP contribution in [0.2, 0.25) is 0 Å². The van der Waals surface area contributed by atoms with E-state index in [2.05, 4.69) is 5.32 Å². The molecule has 1 saturated carbocycles. The molecule has 0 bridgehead atoms. The van der Waals surface area contributed by atoms with Crippen LogP contribution in [-0.2, 0) is 0 Å². The fourth-order valence-corrected chi connectivity index (χ4v) is 3.69. The van der Waals surface area contributed by atoms with E-state index in [-0.39, 0.29) is 5.82 Å². The highest BCUT2D eigenvalue weighted by atomic mass is 32.2. The van der Waals surface area contributed by atoms with Gasteiger partial charge in [0.1, 0.15) is 5.82 Å². The van der Waals surface area contributed by atoms with Gasteiger partial charge in [-0.3, -0.25) is 0 Å². The molecule has 0 aromatic heterocycles. The van der Waals surface area contributed by atoms with Gasteiger partial charge in [0.15, 0.2) is 0 Å². The molecule has 1 spiro atoms. The highest BCUT2D eigenvalue weighted by molar-refractivity contribution is 7.99. The summed E-state index contributed by atoms with van der Waals surface area (Å²) in [4.78, 5) is 0.807. The maximum atomic E-state index is 13.6. The molecule has 1 aromatic rings. The Morgan fingerprint density at radius 1 is 1.33 bits per heavy atom. The number of hydrogen-bond acceptors (Lipinski definition) is 2.